The number of alkyl carbamates (subject to hydrolysis) is 1. The number of hydrogen-bond donors (Lipinski definition) is 3. The quantitative estimate of drug-likeness (QED) is 0.449. The molecule has 8 heteroatoms. The lowest BCUT2D eigenvalue weighted by Crippen LogP contribution is -2.51. The molecule has 8 nitrogen and oxygen atoms in total. The van der Waals surface area contributed by atoms with E-state index in [9.17, 15) is 19.5 Å². The molecule has 3 rings (SSSR count). The number of ether oxygens (including phenoxy) is 2. The van der Waals surface area contributed by atoms with Crippen LogP contribution in [0.3, 0.4) is 0 Å². The molecule has 1 atom stereocenters. The first kappa shape index (κ1) is 24.3. The van der Waals surface area contributed by atoms with Crippen molar-refractivity contribution in [3.05, 3.63) is 59.7 Å². The van der Waals surface area contributed by atoms with Crippen molar-refractivity contribution in [2.75, 3.05) is 26.4 Å². The van der Waals surface area contributed by atoms with Gasteiger partial charge in [-0.2, -0.15) is 0 Å². The number of carbonyl (C=O) groups is 3. The van der Waals surface area contributed by atoms with Crippen molar-refractivity contribution in [3.63, 3.8) is 0 Å². The summed E-state index contributed by atoms with van der Waals surface area (Å²) >= 11 is 0. The number of fused-ring (bicyclic) bond motifs is 3. The van der Waals surface area contributed by atoms with Crippen LogP contribution in [0.2, 0.25) is 0 Å². The molecule has 2 aromatic rings. The van der Waals surface area contributed by atoms with Gasteiger partial charge in [-0.1, -0.05) is 55.5 Å². The molecule has 0 fully saturated rings. The molecule has 0 radical (unpaired) electrons. The SMILES string of the molecule is CCC(C)(NC(=O)CCOCCNC(=O)OCC1c2ccccc2-c2ccccc21)C(=O)O. The van der Waals surface area contributed by atoms with E-state index in [2.05, 4.69) is 34.9 Å². The molecule has 33 heavy (non-hydrogen) atoms. The summed E-state index contributed by atoms with van der Waals surface area (Å²) in [6, 6.07) is 16.3. The highest BCUT2D eigenvalue weighted by Gasteiger charge is 2.32. The van der Waals surface area contributed by atoms with Gasteiger partial charge in [0.15, 0.2) is 0 Å². The summed E-state index contributed by atoms with van der Waals surface area (Å²) < 4.78 is 10.8. The molecule has 176 valence electrons. The molecule has 0 aromatic heterocycles. The number of carboxylic acid groups (broad SMARTS) is 1. The number of carbonyl (C=O) groups excluding carboxylic acids is 2. The van der Waals surface area contributed by atoms with Crippen LogP contribution >= 0.6 is 0 Å². The van der Waals surface area contributed by atoms with Gasteiger partial charge in [-0.25, -0.2) is 9.59 Å². The Bertz CT molecular complexity index is 962. The number of aliphatic carboxylic acids is 1. The summed E-state index contributed by atoms with van der Waals surface area (Å²) in [5, 5.41) is 14.3. The molecule has 0 saturated carbocycles. The molecular weight excluding hydrogens is 424 g/mol. The van der Waals surface area contributed by atoms with Crippen LogP contribution in [0.1, 0.15) is 43.7 Å². The molecule has 0 heterocycles. The summed E-state index contributed by atoms with van der Waals surface area (Å²) in [5.41, 5.74) is 3.34. The van der Waals surface area contributed by atoms with E-state index in [-0.39, 0.29) is 45.1 Å². The van der Waals surface area contributed by atoms with Gasteiger partial charge in [-0.05, 0) is 35.6 Å². The van der Waals surface area contributed by atoms with Gasteiger partial charge in [0, 0.05) is 18.9 Å². The van der Waals surface area contributed by atoms with Gasteiger partial charge >= 0.3 is 12.1 Å². The Kier molecular flexibility index (Phi) is 8.06. The van der Waals surface area contributed by atoms with E-state index in [0.717, 1.165) is 11.1 Å². The van der Waals surface area contributed by atoms with Crippen LogP contribution in [0, 0.1) is 0 Å². The molecule has 0 bridgehead atoms. The average molecular weight is 455 g/mol. The number of amides is 2. The van der Waals surface area contributed by atoms with Gasteiger partial charge in [-0.15, -0.1) is 0 Å². The van der Waals surface area contributed by atoms with E-state index >= 15 is 0 Å². The summed E-state index contributed by atoms with van der Waals surface area (Å²) in [5.74, 6) is -1.48. The maximum absolute atomic E-state index is 12.1. The van der Waals surface area contributed by atoms with Crippen molar-refractivity contribution in [1.29, 1.82) is 0 Å². The molecular formula is C25H30N2O6. The normalized spacial score (nSPS) is 14.0. The number of nitrogens with one attached hydrogen (secondary N) is 2. The number of rotatable bonds is 11. The average Bonchev–Trinajstić information content (AvgIpc) is 3.13. The Hall–Kier alpha value is -3.39. The van der Waals surface area contributed by atoms with Crippen molar-refractivity contribution in [2.24, 2.45) is 0 Å². The fourth-order valence-electron chi connectivity index (χ4n) is 3.80. The van der Waals surface area contributed by atoms with Crippen molar-refractivity contribution in [2.45, 2.75) is 38.1 Å². The molecule has 0 saturated heterocycles. The fourth-order valence-corrected chi connectivity index (χ4v) is 3.80. The summed E-state index contributed by atoms with van der Waals surface area (Å²) in [7, 11) is 0. The van der Waals surface area contributed by atoms with Crippen molar-refractivity contribution < 1.29 is 29.0 Å². The van der Waals surface area contributed by atoms with E-state index in [4.69, 9.17) is 9.47 Å². The van der Waals surface area contributed by atoms with Crippen molar-refractivity contribution in [1.82, 2.24) is 10.6 Å². The van der Waals surface area contributed by atoms with Gasteiger partial charge in [0.1, 0.15) is 12.1 Å². The lowest BCUT2D eigenvalue weighted by Gasteiger charge is -2.24. The lowest BCUT2D eigenvalue weighted by atomic mass is 9.98. The topological polar surface area (TPSA) is 114 Å². The third kappa shape index (κ3) is 5.90. The molecule has 2 amide bonds. The van der Waals surface area contributed by atoms with E-state index in [0.29, 0.717) is 0 Å². The fraction of sp³-hybridized carbons (Fsp3) is 0.400. The maximum atomic E-state index is 12.1. The molecule has 1 aliphatic rings. The molecule has 1 aliphatic carbocycles. The van der Waals surface area contributed by atoms with E-state index < -0.39 is 23.5 Å². The van der Waals surface area contributed by atoms with Crippen molar-refractivity contribution >= 4 is 18.0 Å². The molecule has 2 aromatic carbocycles. The number of hydrogen-bond acceptors (Lipinski definition) is 5. The molecule has 1 unspecified atom stereocenters. The largest absolute Gasteiger partial charge is 0.480 e. The van der Waals surface area contributed by atoms with E-state index in [1.54, 1.807) is 6.92 Å². The van der Waals surface area contributed by atoms with Crippen LogP contribution < -0.4 is 10.6 Å². The van der Waals surface area contributed by atoms with Crippen LogP contribution in [-0.2, 0) is 19.1 Å². The predicted molar refractivity (Wildman–Crippen MR) is 123 cm³/mol. The Morgan fingerprint density at radius 2 is 1.61 bits per heavy atom. The summed E-state index contributed by atoms with van der Waals surface area (Å²) in [6.07, 6.45) is -0.217. The maximum Gasteiger partial charge on any atom is 0.407 e. The van der Waals surface area contributed by atoms with E-state index in [1.807, 2.05) is 24.3 Å². The standard InChI is InChI=1S/C25H30N2O6/c1-3-25(2,23(29)30)27-22(28)12-14-32-15-13-26-24(31)33-16-21-19-10-6-4-8-17(19)18-9-5-7-11-20(18)21/h4-11,21H,3,12-16H2,1-2H3,(H,26,31)(H,27,28)(H,29,30). The highest BCUT2D eigenvalue weighted by atomic mass is 16.5. The molecule has 3 N–H and O–H groups in total. The zero-order valence-electron chi connectivity index (χ0n) is 18.9. The Morgan fingerprint density at radius 3 is 2.18 bits per heavy atom. The Morgan fingerprint density at radius 1 is 1.00 bits per heavy atom. The first-order valence-electron chi connectivity index (χ1n) is 11.1. The van der Waals surface area contributed by atoms with Crippen LogP contribution in [0.5, 0.6) is 0 Å². The van der Waals surface area contributed by atoms with Crippen LogP contribution in [0.15, 0.2) is 48.5 Å². The predicted octanol–water partition coefficient (Wildman–Crippen LogP) is 3.30. The zero-order chi connectivity index (χ0) is 23.8. The second kappa shape index (κ2) is 11.0. The second-order valence-electron chi connectivity index (χ2n) is 8.15. The highest BCUT2D eigenvalue weighted by molar-refractivity contribution is 5.86. The monoisotopic (exact) mass is 454 g/mol. The lowest BCUT2D eigenvalue weighted by molar-refractivity contribution is -0.147. The first-order valence-corrected chi connectivity index (χ1v) is 11.1. The minimum atomic E-state index is -1.29. The van der Waals surface area contributed by atoms with Gasteiger partial charge in [0.05, 0.1) is 13.2 Å². The summed E-state index contributed by atoms with van der Waals surface area (Å²) in [6.45, 7) is 3.96. The second-order valence-corrected chi connectivity index (χ2v) is 8.15. The minimum Gasteiger partial charge on any atom is -0.480 e. The minimum absolute atomic E-state index is 0.00230. The molecule has 0 spiro atoms. The van der Waals surface area contributed by atoms with E-state index in [1.165, 1.54) is 18.1 Å². The van der Waals surface area contributed by atoms with Gasteiger partial charge in [0.2, 0.25) is 5.91 Å². The summed E-state index contributed by atoms with van der Waals surface area (Å²) in [4.78, 5) is 35.2. The van der Waals surface area contributed by atoms with Gasteiger partial charge < -0.3 is 25.2 Å². The third-order valence-corrected chi connectivity index (χ3v) is 5.93. The highest BCUT2D eigenvalue weighted by Crippen LogP contribution is 2.44. The number of carboxylic acids is 1. The zero-order valence-corrected chi connectivity index (χ0v) is 18.9. The Balaban J connectivity index is 1.35. The third-order valence-electron chi connectivity index (χ3n) is 5.93. The first-order chi connectivity index (χ1) is 15.9. The van der Waals surface area contributed by atoms with Crippen LogP contribution in [0.4, 0.5) is 4.79 Å². The van der Waals surface area contributed by atoms with Crippen LogP contribution in [-0.4, -0.2) is 55.0 Å². The van der Waals surface area contributed by atoms with Crippen molar-refractivity contribution in [3.8, 4) is 11.1 Å². The smallest absolute Gasteiger partial charge is 0.407 e. The molecule has 0 aliphatic heterocycles. The van der Waals surface area contributed by atoms with Gasteiger partial charge in [0.25, 0.3) is 0 Å². The van der Waals surface area contributed by atoms with Gasteiger partial charge in [-0.3, -0.25) is 4.79 Å². The van der Waals surface area contributed by atoms with Crippen LogP contribution in [0.25, 0.3) is 11.1 Å². The Labute approximate surface area is 193 Å². The number of benzene rings is 2.